The fraction of sp³-hybridized carbons (Fsp3) is 0.429. The zero-order valence-electron chi connectivity index (χ0n) is 15.9. The first-order valence-electron chi connectivity index (χ1n) is 8.36. The molecule has 0 aliphatic rings. The van der Waals surface area contributed by atoms with Gasteiger partial charge in [-0.05, 0) is 46.2 Å². The number of hydrogen-bond donors (Lipinski definition) is 0. The Labute approximate surface area is 148 Å². The molecule has 3 heteroatoms. The normalized spacial score (nSPS) is 12.3. The molecule has 0 aliphatic carbocycles. The Morgan fingerprint density at radius 2 is 0.875 bits per heavy atom. The van der Waals surface area contributed by atoms with E-state index in [1.54, 1.807) is 0 Å². The van der Waals surface area contributed by atoms with Crippen LogP contribution in [0.15, 0.2) is 48.5 Å². The molecular formula is C21H29O2P. The number of hydrogen-bond acceptors (Lipinski definition) is 2. The van der Waals surface area contributed by atoms with Crippen molar-refractivity contribution in [3.8, 4) is 11.5 Å². The molecule has 0 aromatic heterocycles. The summed E-state index contributed by atoms with van der Waals surface area (Å²) >= 11 is 0. The molecule has 2 nitrogen and oxygen atoms in total. The van der Waals surface area contributed by atoms with Gasteiger partial charge in [0.25, 0.3) is 8.38 Å². The molecular weight excluding hydrogens is 315 g/mol. The second kappa shape index (κ2) is 7.15. The third-order valence-electron chi connectivity index (χ3n) is 3.91. The predicted molar refractivity (Wildman–Crippen MR) is 104 cm³/mol. The molecule has 0 unspecified atom stereocenters. The molecule has 0 spiro atoms. The van der Waals surface area contributed by atoms with Crippen LogP contribution >= 0.6 is 8.38 Å². The molecule has 2 aromatic carbocycles. The van der Waals surface area contributed by atoms with Crippen LogP contribution in [-0.2, 0) is 10.8 Å². The minimum absolute atomic E-state index is 0.154. The molecule has 2 aromatic rings. The average Bonchev–Trinajstić information content (AvgIpc) is 2.46. The Hall–Kier alpha value is -1.53. The van der Waals surface area contributed by atoms with Gasteiger partial charge in [0.15, 0.2) is 0 Å². The maximum Gasteiger partial charge on any atom is 0.286 e. The van der Waals surface area contributed by atoms with E-state index in [1.165, 1.54) is 11.1 Å². The van der Waals surface area contributed by atoms with Gasteiger partial charge < -0.3 is 9.05 Å². The summed E-state index contributed by atoms with van der Waals surface area (Å²) in [6, 6.07) is 16.6. The van der Waals surface area contributed by atoms with Crippen LogP contribution in [-0.4, -0.2) is 6.66 Å². The van der Waals surface area contributed by atoms with E-state index in [4.69, 9.17) is 9.05 Å². The molecule has 24 heavy (non-hydrogen) atoms. The van der Waals surface area contributed by atoms with Crippen molar-refractivity contribution in [1.82, 2.24) is 0 Å². The van der Waals surface area contributed by atoms with Crippen LogP contribution in [0.25, 0.3) is 0 Å². The second-order valence-electron chi connectivity index (χ2n) is 8.17. The molecule has 130 valence electrons. The van der Waals surface area contributed by atoms with Crippen LogP contribution in [0.3, 0.4) is 0 Å². The van der Waals surface area contributed by atoms with Crippen molar-refractivity contribution in [2.45, 2.75) is 52.4 Å². The lowest BCUT2D eigenvalue weighted by atomic mass is 9.87. The van der Waals surface area contributed by atoms with Crippen LogP contribution < -0.4 is 9.05 Å². The van der Waals surface area contributed by atoms with Crippen LogP contribution in [0, 0.1) is 0 Å². The maximum absolute atomic E-state index is 5.93. The van der Waals surface area contributed by atoms with E-state index in [-0.39, 0.29) is 10.8 Å². The van der Waals surface area contributed by atoms with Gasteiger partial charge in [0, 0.05) is 6.66 Å². The highest BCUT2D eigenvalue weighted by Gasteiger charge is 2.15. The lowest BCUT2D eigenvalue weighted by Gasteiger charge is -2.21. The van der Waals surface area contributed by atoms with Crippen LogP contribution in [0.4, 0.5) is 0 Å². The number of benzene rings is 2. The van der Waals surface area contributed by atoms with E-state index in [1.807, 2.05) is 30.9 Å². The molecule has 0 bridgehead atoms. The van der Waals surface area contributed by atoms with Crippen molar-refractivity contribution in [3.63, 3.8) is 0 Å². The highest BCUT2D eigenvalue weighted by Crippen LogP contribution is 2.38. The summed E-state index contributed by atoms with van der Waals surface area (Å²) in [6.45, 7) is 15.2. The first kappa shape index (κ1) is 18.8. The third kappa shape index (κ3) is 5.24. The molecule has 0 amide bonds. The summed E-state index contributed by atoms with van der Waals surface area (Å²) in [7, 11) is -1.01. The molecule has 0 radical (unpaired) electrons. The first-order valence-corrected chi connectivity index (χ1v) is 9.99. The van der Waals surface area contributed by atoms with Crippen LogP contribution in [0.5, 0.6) is 11.5 Å². The Morgan fingerprint density at radius 3 is 1.12 bits per heavy atom. The van der Waals surface area contributed by atoms with E-state index >= 15 is 0 Å². The van der Waals surface area contributed by atoms with Gasteiger partial charge >= 0.3 is 0 Å². The van der Waals surface area contributed by atoms with Gasteiger partial charge in [0.1, 0.15) is 11.5 Å². The maximum atomic E-state index is 5.93. The minimum Gasteiger partial charge on any atom is -0.439 e. The third-order valence-corrected chi connectivity index (χ3v) is 4.84. The molecule has 2 rings (SSSR count). The van der Waals surface area contributed by atoms with Crippen molar-refractivity contribution in [2.24, 2.45) is 0 Å². The SMILES string of the molecule is CP(Oc1ccc(C(C)(C)C)cc1)Oc1ccc(C(C)(C)C)cc1. The zero-order valence-corrected chi connectivity index (χ0v) is 16.8. The van der Waals surface area contributed by atoms with E-state index < -0.39 is 8.38 Å². The van der Waals surface area contributed by atoms with Gasteiger partial charge in [-0.2, -0.15) is 0 Å². The smallest absolute Gasteiger partial charge is 0.286 e. The fourth-order valence-electron chi connectivity index (χ4n) is 2.35. The molecule has 0 fully saturated rings. The van der Waals surface area contributed by atoms with Crippen molar-refractivity contribution in [2.75, 3.05) is 6.66 Å². The molecule has 0 saturated carbocycles. The van der Waals surface area contributed by atoms with E-state index in [0.29, 0.717) is 0 Å². The van der Waals surface area contributed by atoms with Crippen LogP contribution in [0.2, 0.25) is 0 Å². The highest BCUT2D eigenvalue weighted by molar-refractivity contribution is 7.47. The Kier molecular flexibility index (Phi) is 5.60. The van der Waals surface area contributed by atoms with Gasteiger partial charge in [-0.1, -0.05) is 65.8 Å². The lowest BCUT2D eigenvalue weighted by Crippen LogP contribution is -2.10. The summed E-state index contributed by atoms with van der Waals surface area (Å²) in [4.78, 5) is 0. The van der Waals surface area contributed by atoms with Crippen LogP contribution in [0.1, 0.15) is 52.7 Å². The molecule has 0 N–H and O–H groups in total. The predicted octanol–water partition coefficient (Wildman–Crippen LogP) is 6.68. The van der Waals surface area contributed by atoms with Gasteiger partial charge in [0.05, 0.1) is 0 Å². The Balaban J connectivity index is 1.97. The summed E-state index contributed by atoms with van der Waals surface area (Å²) < 4.78 is 11.9. The largest absolute Gasteiger partial charge is 0.439 e. The summed E-state index contributed by atoms with van der Waals surface area (Å²) in [5.41, 5.74) is 2.91. The summed E-state index contributed by atoms with van der Waals surface area (Å²) in [5, 5.41) is 0. The van der Waals surface area contributed by atoms with E-state index in [9.17, 15) is 0 Å². The summed E-state index contributed by atoms with van der Waals surface area (Å²) in [5.74, 6) is 1.70. The second-order valence-corrected chi connectivity index (χ2v) is 9.42. The van der Waals surface area contributed by atoms with Crippen molar-refractivity contribution < 1.29 is 9.05 Å². The van der Waals surface area contributed by atoms with Crippen molar-refractivity contribution >= 4 is 8.38 Å². The quantitative estimate of drug-likeness (QED) is 0.576. The number of rotatable bonds is 4. The van der Waals surface area contributed by atoms with Gasteiger partial charge in [0.2, 0.25) is 0 Å². The average molecular weight is 344 g/mol. The Morgan fingerprint density at radius 1 is 0.583 bits per heavy atom. The van der Waals surface area contributed by atoms with Gasteiger partial charge in [-0.3, -0.25) is 0 Å². The Bertz CT molecular complexity index is 587. The van der Waals surface area contributed by atoms with Crippen molar-refractivity contribution in [1.29, 1.82) is 0 Å². The molecule has 0 heterocycles. The molecule has 0 aliphatic heterocycles. The topological polar surface area (TPSA) is 18.5 Å². The first-order chi connectivity index (χ1) is 11.1. The van der Waals surface area contributed by atoms with Crippen molar-refractivity contribution in [3.05, 3.63) is 59.7 Å². The van der Waals surface area contributed by atoms with Gasteiger partial charge in [-0.25, -0.2) is 0 Å². The molecule has 0 saturated heterocycles. The highest BCUT2D eigenvalue weighted by atomic mass is 31.2. The molecule has 0 atom stereocenters. The zero-order chi connectivity index (χ0) is 18.0. The fourth-order valence-corrected chi connectivity index (χ4v) is 3.22. The lowest BCUT2D eigenvalue weighted by molar-refractivity contribution is 0.495. The standard InChI is InChI=1S/C21H29O2P/c1-20(2,3)16-8-12-18(13-9-16)22-24(7)23-19-14-10-17(11-15-19)21(4,5)6/h8-15H,1-7H3. The van der Waals surface area contributed by atoms with E-state index in [0.717, 1.165) is 11.5 Å². The monoisotopic (exact) mass is 344 g/mol. The van der Waals surface area contributed by atoms with E-state index in [2.05, 4.69) is 65.8 Å². The minimum atomic E-state index is -1.01. The van der Waals surface area contributed by atoms with Gasteiger partial charge in [-0.15, -0.1) is 0 Å². The summed E-state index contributed by atoms with van der Waals surface area (Å²) in [6.07, 6.45) is 0.